The molecule has 6 nitrogen and oxygen atoms in total. The minimum atomic E-state index is -4.73. The van der Waals surface area contributed by atoms with Crippen LogP contribution in [0.3, 0.4) is 0 Å². The molecule has 1 aromatic rings. The summed E-state index contributed by atoms with van der Waals surface area (Å²) in [5.41, 5.74) is 0. The van der Waals surface area contributed by atoms with Crippen molar-refractivity contribution < 1.29 is 78.6 Å². The SMILES string of the molecule is CCCCCCCCCOc1ccc(S(=O)(=O)[O-])c(OCCCCCCCCC)c1OCCCCCCCCC.[K+]. The van der Waals surface area contributed by atoms with E-state index in [0.717, 1.165) is 51.4 Å². The van der Waals surface area contributed by atoms with Crippen LogP contribution in [0.2, 0.25) is 0 Å². The molecule has 0 atom stereocenters. The monoisotopic (exact) mass is 622 g/mol. The number of unbranched alkanes of at least 4 members (excludes halogenated alkanes) is 18. The Morgan fingerprint density at radius 3 is 1.24 bits per heavy atom. The maximum Gasteiger partial charge on any atom is 1.00 e. The van der Waals surface area contributed by atoms with Gasteiger partial charge in [-0.2, -0.15) is 0 Å². The molecular formula is C33H59KO6S. The largest absolute Gasteiger partial charge is 1.00 e. The van der Waals surface area contributed by atoms with Crippen LogP contribution in [0.1, 0.15) is 156 Å². The zero-order chi connectivity index (χ0) is 29.3. The number of rotatable bonds is 28. The Hall–Kier alpha value is 0.166. The summed E-state index contributed by atoms with van der Waals surface area (Å²) in [6, 6.07) is 2.86. The van der Waals surface area contributed by atoms with Crippen molar-refractivity contribution in [2.75, 3.05) is 19.8 Å². The van der Waals surface area contributed by atoms with Gasteiger partial charge in [-0.15, -0.1) is 0 Å². The molecule has 0 saturated heterocycles. The maximum absolute atomic E-state index is 12.1. The van der Waals surface area contributed by atoms with Crippen LogP contribution in [0.15, 0.2) is 17.0 Å². The molecule has 1 rings (SSSR count). The topological polar surface area (TPSA) is 84.9 Å². The Balaban J connectivity index is 0.0000160. The quantitative estimate of drug-likeness (QED) is 0.0569. The molecule has 0 N–H and O–H groups in total. The summed E-state index contributed by atoms with van der Waals surface area (Å²) < 4.78 is 54.6. The van der Waals surface area contributed by atoms with Crippen molar-refractivity contribution in [1.82, 2.24) is 0 Å². The molecule has 0 heterocycles. The smallest absolute Gasteiger partial charge is 0.744 e. The summed E-state index contributed by atoms with van der Waals surface area (Å²) in [6.07, 6.45) is 24.1. The standard InChI is InChI=1S/C33H60O6S.K/c1-4-7-10-13-16-19-22-27-37-30-25-26-31(40(34,35)36)33(39-29-24-21-18-15-12-9-6-3)32(30)38-28-23-20-17-14-11-8-5-2;/h25-26H,4-24,27-29H2,1-3H3,(H,34,35,36);/q;+1/p-1. The summed E-state index contributed by atoms with van der Waals surface area (Å²) in [6.45, 7) is 7.92. The Labute approximate surface area is 295 Å². The molecule has 8 heteroatoms. The van der Waals surface area contributed by atoms with Crippen molar-refractivity contribution >= 4 is 10.1 Å². The van der Waals surface area contributed by atoms with E-state index in [4.69, 9.17) is 14.2 Å². The first-order valence-electron chi connectivity index (χ1n) is 16.5. The number of benzene rings is 1. The Bertz CT molecular complexity index is 846. The average Bonchev–Trinajstić information content (AvgIpc) is 2.93. The first kappa shape index (κ1) is 41.2. The third-order valence-corrected chi connectivity index (χ3v) is 8.16. The first-order valence-corrected chi connectivity index (χ1v) is 17.9. The Morgan fingerprint density at radius 1 is 0.512 bits per heavy atom. The zero-order valence-electron chi connectivity index (χ0n) is 27.0. The van der Waals surface area contributed by atoms with Gasteiger partial charge in [0, 0.05) is 0 Å². The number of ether oxygens (including phenoxy) is 3. The molecule has 0 amide bonds. The molecule has 0 aliphatic rings. The molecule has 0 spiro atoms. The van der Waals surface area contributed by atoms with Gasteiger partial charge in [-0.05, 0) is 31.4 Å². The molecule has 234 valence electrons. The van der Waals surface area contributed by atoms with Crippen LogP contribution in [0.5, 0.6) is 17.2 Å². The maximum atomic E-state index is 12.1. The third kappa shape index (κ3) is 20.7. The van der Waals surface area contributed by atoms with Gasteiger partial charge >= 0.3 is 51.4 Å². The molecule has 0 fully saturated rings. The fraction of sp³-hybridized carbons (Fsp3) is 0.818. The van der Waals surface area contributed by atoms with Crippen molar-refractivity contribution in [3.63, 3.8) is 0 Å². The van der Waals surface area contributed by atoms with Crippen LogP contribution >= 0.6 is 0 Å². The van der Waals surface area contributed by atoms with Gasteiger partial charge in [-0.25, -0.2) is 8.42 Å². The van der Waals surface area contributed by atoms with Gasteiger partial charge in [0.25, 0.3) is 0 Å². The third-order valence-electron chi connectivity index (χ3n) is 7.30. The van der Waals surface area contributed by atoms with Gasteiger partial charge in [0.1, 0.15) is 15.0 Å². The van der Waals surface area contributed by atoms with Crippen LogP contribution in [0.25, 0.3) is 0 Å². The van der Waals surface area contributed by atoms with Crippen LogP contribution in [0, 0.1) is 0 Å². The van der Waals surface area contributed by atoms with Gasteiger partial charge in [0.05, 0.1) is 19.8 Å². The van der Waals surface area contributed by atoms with Gasteiger partial charge in [0.15, 0.2) is 11.5 Å². The fourth-order valence-corrected chi connectivity index (χ4v) is 5.43. The van der Waals surface area contributed by atoms with Crippen molar-refractivity contribution in [1.29, 1.82) is 0 Å². The minimum Gasteiger partial charge on any atom is -0.744 e. The molecule has 0 bridgehead atoms. The number of hydrogen-bond donors (Lipinski definition) is 0. The van der Waals surface area contributed by atoms with E-state index < -0.39 is 10.1 Å². The van der Waals surface area contributed by atoms with E-state index in [1.165, 1.54) is 89.5 Å². The van der Waals surface area contributed by atoms with Crippen molar-refractivity contribution in [2.45, 2.75) is 161 Å². The van der Waals surface area contributed by atoms with Crippen molar-refractivity contribution in [2.24, 2.45) is 0 Å². The summed E-state index contributed by atoms with van der Waals surface area (Å²) in [5, 5.41) is 0. The van der Waals surface area contributed by atoms with Gasteiger partial charge < -0.3 is 18.8 Å². The average molecular weight is 623 g/mol. The summed E-state index contributed by atoms with van der Waals surface area (Å²) in [5.74, 6) is 0.727. The molecule has 0 saturated carbocycles. The fourth-order valence-electron chi connectivity index (χ4n) is 4.82. The summed E-state index contributed by atoms with van der Waals surface area (Å²) in [4.78, 5) is -0.367. The first-order chi connectivity index (χ1) is 19.5. The molecule has 1 aromatic carbocycles. The van der Waals surface area contributed by atoms with E-state index in [0.29, 0.717) is 25.6 Å². The van der Waals surface area contributed by atoms with E-state index in [9.17, 15) is 13.0 Å². The summed E-state index contributed by atoms with van der Waals surface area (Å²) >= 11 is 0. The molecule has 41 heavy (non-hydrogen) atoms. The van der Waals surface area contributed by atoms with Crippen LogP contribution in [-0.2, 0) is 10.1 Å². The van der Waals surface area contributed by atoms with Gasteiger partial charge in [-0.1, -0.05) is 136 Å². The van der Waals surface area contributed by atoms with Crippen molar-refractivity contribution in [3.8, 4) is 17.2 Å². The van der Waals surface area contributed by atoms with E-state index in [2.05, 4.69) is 20.8 Å². The predicted octanol–water partition coefficient (Wildman–Crippen LogP) is 6.98. The second kappa shape index (κ2) is 27.7. The van der Waals surface area contributed by atoms with Gasteiger partial charge in [0.2, 0.25) is 5.75 Å². The van der Waals surface area contributed by atoms with Crippen LogP contribution < -0.4 is 65.6 Å². The Kier molecular flexibility index (Phi) is 27.8. The molecule has 0 aromatic heterocycles. The van der Waals surface area contributed by atoms with E-state index >= 15 is 0 Å². The van der Waals surface area contributed by atoms with Crippen LogP contribution in [0.4, 0.5) is 0 Å². The van der Waals surface area contributed by atoms with Gasteiger partial charge in [-0.3, -0.25) is 0 Å². The predicted molar refractivity (Wildman–Crippen MR) is 165 cm³/mol. The van der Waals surface area contributed by atoms with E-state index in [1.54, 1.807) is 6.07 Å². The molecule has 0 radical (unpaired) electrons. The van der Waals surface area contributed by atoms with Crippen molar-refractivity contribution in [3.05, 3.63) is 12.1 Å². The molecular weight excluding hydrogens is 564 g/mol. The normalized spacial score (nSPS) is 11.3. The Morgan fingerprint density at radius 2 is 0.854 bits per heavy atom. The second-order valence-electron chi connectivity index (χ2n) is 11.1. The van der Waals surface area contributed by atoms with Crippen LogP contribution in [-0.4, -0.2) is 32.8 Å². The second-order valence-corrected chi connectivity index (χ2v) is 12.4. The van der Waals surface area contributed by atoms with E-state index in [1.807, 2.05) is 0 Å². The number of hydrogen-bond acceptors (Lipinski definition) is 6. The summed E-state index contributed by atoms with van der Waals surface area (Å²) in [7, 11) is -4.73. The molecule has 0 unspecified atom stereocenters. The molecule has 0 aliphatic carbocycles. The minimum absolute atomic E-state index is 0. The molecule has 0 aliphatic heterocycles. The zero-order valence-corrected chi connectivity index (χ0v) is 30.9. The van der Waals surface area contributed by atoms with E-state index in [-0.39, 0.29) is 67.8 Å².